The molecule has 0 heterocycles. The van der Waals surface area contributed by atoms with Gasteiger partial charge in [0.15, 0.2) is 0 Å². The summed E-state index contributed by atoms with van der Waals surface area (Å²) in [6.07, 6.45) is 5.90. The summed E-state index contributed by atoms with van der Waals surface area (Å²) in [5, 5.41) is 3.06. The van der Waals surface area contributed by atoms with E-state index in [2.05, 4.69) is 5.32 Å². The Morgan fingerprint density at radius 2 is 1.90 bits per heavy atom. The van der Waals surface area contributed by atoms with Crippen molar-refractivity contribution in [1.82, 2.24) is 10.2 Å². The summed E-state index contributed by atoms with van der Waals surface area (Å²) in [5.41, 5.74) is 0. The number of amides is 2. The fourth-order valence-corrected chi connectivity index (χ4v) is 2.49. The number of hydrogen-bond donors (Lipinski definition) is 1. The minimum Gasteiger partial charge on any atom is -0.466 e. The van der Waals surface area contributed by atoms with Crippen LogP contribution in [0.15, 0.2) is 0 Å². The van der Waals surface area contributed by atoms with E-state index in [0.717, 1.165) is 12.8 Å². The summed E-state index contributed by atoms with van der Waals surface area (Å²) in [5.74, 6) is -0.273. The van der Waals surface area contributed by atoms with Gasteiger partial charge in [0, 0.05) is 26.2 Å². The van der Waals surface area contributed by atoms with Crippen LogP contribution in [0.2, 0.25) is 0 Å². The molecule has 21 heavy (non-hydrogen) atoms. The second kappa shape index (κ2) is 10.4. The SMILES string of the molecule is CCOC(=O)CCN(CCOC)C(=O)NC1CCCCC1. The van der Waals surface area contributed by atoms with Crippen molar-refractivity contribution in [1.29, 1.82) is 0 Å². The number of carbonyl (C=O) groups excluding carboxylic acids is 2. The van der Waals surface area contributed by atoms with Crippen LogP contribution in [0.4, 0.5) is 4.79 Å². The lowest BCUT2D eigenvalue weighted by molar-refractivity contribution is -0.143. The topological polar surface area (TPSA) is 67.9 Å². The summed E-state index contributed by atoms with van der Waals surface area (Å²) < 4.78 is 9.93. The molecule has 6 heteroatoms. The largest absolute Gasteiger partial charge is 0.466 e. The summed E-state index contributed by atoms with van der Waals surface area (Å²) in [6.45, 7) is 3.44. The Balaban J connectivity index is 2.41. The lowest BCUT2D eigenvalue weighted by atomic mass is 9.96. The summed E-state index contributed by atoms with van der Waals surface area (Å²) in [4.78, 5) is 25.4. The molecule has 1 aliphatic rings. The maximum absolute atomic E-state index is 12.3. The average Bonchev–Trinajstić information content (AvgIpc) is 2.48. The maximum atomic E-state index is 12.3. The monoisotopic (exact) mass is 300 g/mol. The van der Waals surface area contributed by atoms with Crippen molar-refractivity contribution in [3.8, 4) is 0 Å². The average molecular weight is 300 g/mol. The van der Waals surface area contributed by atoms with Gasteiger partial charge in [0.25, 0.3) is 0 Å². The molecule has 0 saturated heterocycles. The predicted octanol–water partition coefficient (Wildman–Crippen LogP) is 1.93. The van der Waals surface area contributed by atoms with E-state index in [1.54, 1.807) is 18.9 Å². The zero-order valence-electron chi connectivity index (χ0n) is 13.2. The lowest BCUT2D eigenvalue weighted by Gasteiger charge is -2.28. The first-order valence-corrected chi connectivity index (χ1v) is 7.87. The number of nitrogens with one attached hydrogen (secondary N) is 1. The van der Waals surface area contributed by atoms with Gasteiger partial charge in [-0.3, -0.25) is 4.79 Å². The van der Waals surface area contributed by atoms with Crippen molar-refractivity contribution in [3.63, 3.8) is 0 Å². The first-order valence-electron chi connectivity index (χ1n) is 7.87. The van der Waals surface area contributed by atoms with Gasteiger partial charge in [0.2, 0.25) is 0 Å². The van der Waals surface area contributed by atoms with Crippen molar-refractivity contribution >= 4 is 12.0 Å². The van der Waals surface area contributed by atoms with Crippen molar-refractivity contribution in [3.05, 3.63) is 0 Å². The molecule has 0 aromatic heterocycles. The third kappa shape index (κ3) is 7.32. The van der Waals surface area contributed by atoms with Crippen LogP contribution >= 0.6 is 0 Å². The minimum atomic E-state index is -0.273. The molecule has 1 fully saturated rings. The molecule has 0 aromatic carbocycles. The van der Waals surface area contributed by atoms with Crippen LogP contribution in [0.3, 0.4) is 0 Å². The molecule has 1 aliphatic carbocycles. The van der Waals surface area contributed by atoms with Gasteiger partial charge in [-0.25, -0.2) is 4.79 Å². The second-order valence-corrected chi connectivity index (χ2v) is 5.32. The molecule has 1 rings (SSSR count). The van der Waals surface area contributed by atoms with E-state index in [9.17, 15) is 9.59 Å². The van der Waals surface area contributed by atoms with Gasteiger partial charge in [-0.05, 0) is 19.8 Å². The zero-order valence-corrected chi connectivity index (χ0v) is 13.2. The second-order valence-electron chi connectivity index (χ2n) is 5.32. The summed E-state index contributed by atoms with van der Waals surface area (Å²) >= 11 is 0. The minimum absolute atomic E-state index is 0.108. The highest BCUT2D eigenvalue weighted by molar-refractivity contribution is 5.76. The van der Waals surface area contributed by atoms with E-state index < -0.39 is 0 Å². The van der Waals surface area contributed by atoms with Crippen LogP contribution in [-0.4, -0.2) is 56.4 Å². The Hall–Kier alpha value is -1.30. The summed E-state index contributed by atoms with van der Waals surface area (Å²) in [6, 6.07) is 0.155. The molecule has 0 bridgehead atoms. The van der Waals surface area contributed by atoms with Gasteiger partial charge < -0.3 is 19.7 Å². The van der Waals surface area contributed by atoms with Crippen molar-refractivity contribution in [2.75, 3.05) is 33.4 Å². The molecule has 0 spiro atoms. The van der Waals surface area contributed by atoms with Gasteiger partial charge in [-0.2, -0.15) is 0 Å². The molecule has 2 amide bonds. The molecule has 0 atom stereocenters. The van der Waals surface area contributed by atoms with Gasteiger partial charge in [-0.1, -0.05) is 19.3 Å². The van der Waals surface area contributed by atoms with Crippen LogP contribution in [-0.2, 0) is 14.3 Å². The van der Waals surface area contributed by atoms with E-state index in [1.807, 2.05) is 0 Å². The summed E-state index contributed by atoms with van der Waals surface area (Å²) in [7, 11) is 1.60. The Bertz CT molecular complexity index is 317. The Kier molecular flexibility index (Phi) is 8.82. The lowest BCUT2D eigenvalue weighted by Crippen LogP contribution is -2.47. The normalized spacial score (nSPS) is 15.5. The molecule has 6 nitrogen and oxygen atoms in total. The molecule has 0 aromatic rings. The van der Waals surface area contributed by atoms with Gasteiger partial charge in [-0.15, -0.1) is 0 Å². The molecule has 0 unspecified atom stereocenters. The number of hydrogen-bond acceptors (Lipinski definition) is 4. The number of ether oxygens (including phenoxy) is 2. The molecular weight excluding hydrogens is 272 g/mol. The predicted molar refractivity (Wildman–Crippen MR) is 80.1 cm³/mol. The van der Waals surface area contributed by atoms with E-state index in [1.165, 1.54) is 19.3 Å². The highest BCUT2D eigenvalue weighted by Crippen LogP contribution is 2.17. The third-order valence-electron chi connectivity index (χ3n) is 3.68. The van der Waals surface area contributed by atoms with Gasteiger partial charge >= 0.3 is 12.0 Å². The molecule has 0 radical (unpaired) electrons. The Labute approximate surface area is 127 Å². The van der Waals surface area contributed by atoms with Crippen molar-refractivity contribution in [2.45, 2.75) is 51.5 Å². The van der Waals surface area contributed by atoms with E-state index in [0.29, 0.717) is 26.3 Å². The fraction of sp³-hybridized carbons (Fsp3) is 0.867. The van der Waals surface area contributed by atoms with E-state index >= 15 is 0 Å². The van der Waals surface area contributed by atoms with E-state index in [-0.39, 0.29) is 24.5 Å². The van der Waals surface area contributed by atoms with Crippen molar-refractivity contribution < 1.29 is 19.1 Å². The van der Waals surface area contributed by atoms with Crippen molar-refractivity contribution in [2.24, 2.45) is 0 Å². The van der Waals surface area contributed by atoms with Crippen LogP contribution in [0.1, 0.15) is 45.4 Å². The highest BCUT2D eigenvalue weighted by Gasteiger charge is 2.20. The maximum Gasteiger partial charge on any atom is 0.317 e. The van der Waals surface area contributed by atoms with Gasteiger partial charge in [0.1, 0.15) is 0 Å². The first kappa shape index (κ1) is 17.8. The fourth-order valence-electron chi connectivity index (χ4n) is 2.49. The number of nitrogens with zero attached hydrogens (tertiary/aromatic N) is 1. The number of rotatable bonds is 8. The number of urea groups is 1. The van der Waals surface area contributed by atoms with Crippen LogP contribution < -0.4 is 5.32 Å². The van der Waals surface area contributed by atoms with Gasteiger partial charge in [0.05, 0.1) is 19.6 Å². The zero-order chi connectivity index (χ0) is 15.5. The highest BCUT2D eigenvalue weighted by atomic mass is 16.5. The Morgan fingerprint density at radius 1 is 1.19 bits per heavy atom. The smallest absolute Gasteiger partial charge is 0.317 e. The molecule has 0 aliphatic heterocycles. The Morgan fingerprint density at radius 3 is 2.52 bits per heavy atom. The quantitative estimate of drug-likeness (QED) is 0.696. The van der Waals surface area contributed by atoms with Crippen LogP contribution in [0.5, 0.6) is 0 Å². The van der Waals surface area contributed by atoms with Crippen LogP contribution in [0, 0.1) is 0 Å². The first-order chi connectivity index (χ1) is 10.2. The number of carbonyl (C=O) groups is 2. The molecular formula is C15H28N2O4. The number of esters is 1. The molecule has 1 N–H and O–H groups in total. The molecule has 1 saturated carbocycles. The third-order valence-corrected chi connectivity index (χ3v) is 3.68. The van der Waals surface area contributed by atoms with E-state index in [4.69, 9.17) is 9.47 Å². The van der Waals surface area contributed by atoms with Crippen LogP contribution in [0.25, 0.3) is 0 Å². The molecule has 122 valence electrons. The standard InChI is InChI=1S/C15H28N2O4/c1-3-21-14(18)9-10-17(11-12-20-2)15(19)16-13-7-5-4-6-8-13/h13H,3-12H2,1-2H3,(H,16,19). The number of methoxy groups -OCH3 is 1.